The molecule has 1 aromatic heterocycles. The van der Waals surface area contributed by atoms with E-state index in [0.717, 1.165) is 38.4 Å². The zero-order valence-corrected chi connectivity index (χ0v) is 16.5. The van der Waals surface area contributed by atoms with Gasteiger partial charge in [-0.05, 0) is 47.2 Å². The summed E-state index contributed by atoms with van der Waals surface area (Å²) in [6.07, 6.45) is 4.33. The van der Waals surface area contributed by atoms with Crippen LogP contribution in [0.1, 0.15) is 21.7 Å². The van der Waals surface area contributed by atoms with Crippen LogP contribution in [0.2, 0.25) is 0 Å². The molecular formula is C22H24N6O. The Morgan fingerprint density at radius 3 is 2.38 bits per heavy atom. The Morgan fingerprint density at radius 2 is 1.72 bits per heavy atom. The van der Waals surface area contributed by atoms with E-state index in [1.54, 1.807) is 4.68 Å². The molecule has 1 amide bonds. The fourth-order valence-corrected chi connectivity index (χ4v) is 3.43. The summed E-state index contributed by atoms with van der Waals surface area (Å²) in [6.45, 7) is 5.99. The first-order chi connectivity index (χ1) is 14.2. The first-order valence-electron chi connectivity index (χ1n) is 9.79. The van der Waals surface area contributed by atoms with Gasteiger partial charge in [-0.25, -0.2) is 0 Å². The Hall–Kier alpha value is -3.32. The molecule has 2 aromatic carbocycles. The number of carbonyl (C=O) groups is 1. The molecule has 0 saturated carbocycles. The van der Waals surface area contributed by atoms with E-state index in [1.165, 1.54) is 5.56 Å². The molecule has 0 radical (unpaired) electrons. The average Bonchev–Trinajstić information content (AvgIpc) is 3.20. The van der Waals surface area contributed by atoms with E-state index in [-0.39, 0.29) is 5.91 Å². The summed E-state index contributed by atoms with van der Waals surface area (Å²) in [6, 6.07) is 17.7. The summed E-state index contributed by atoms with van der Waals surface area (Å²) >= 11 is 0. The van der Waals surface area contributed by atoms with Crippen molar-refractivity contribution in [3.8, 4) is 5.69 Å². The maximum atomic E-state index is 12.8. The molecule has 0 spiro atoms. The van der Waals surface area contributed by atoms with E-state index >= 15 is 0 Å². The molecule has 7 nitrogen and oxygen atoms in total. The fraction of sp³-hybridized carbons (Fsp3) is 0.273. The molecule has 1 aliphatic heterocycles. The molecule has 7 heteroatoms. The summed E-state index contributed by atoms with van der Waals surface area (Å²) in [5.74, 6) is 0.783. The molecule has 4 rings (SSSR count). The lowest BCUT2D eigenvalue weighted by molar-refractivity contribution is 0.0650. The monoisotopic (exact) mass is 388 g/mol. The van der Waals surface area contributed by atoms with Crippen LogP contribution in [0.5, 0.6) is 0 Å². The summed E-state index contributed by atoms with van der Waals surface area (Å²) < 4.78 is 1.65. The molecule has 1 fully saturated rings. The van der Waals surface area contributed by atoms with E-state index in [4.69, 9.17) is 0 Å². The third-order valence-electron chi connectivity index (χ3n) is 5.12. The van der Waals surface area contributed by atoms with Crippen LogP contribution in [0.15, 0.2) is 60.7 Å². The lowest BCUT2D eigenvalue weighted by atomic mass is 10.1. The zero-order chi connectivity index (χ0) is 20.1. The van der Waals surface area contributed by atoms with Gasteiger partial charge >= 0.3 is 0 Å². The summed E-state index contributed by atoms with van der Waals surface area (Å²) in [5.41, 5.74) is 2.75. The Kier molecular flexibility index (Phi) is 5.76. The Morgan fingerprint density at radius 1 is 1.00 bits per heavy atom. The molecule has 1 saturated heterocycles. The van der Waals surface area contributed by atoms with Crippen LogP contribution in [0, 0.1) is 6.92 Å². The molecule has 148 valence electrons. The number of aromatic nitrogens is 4. The SMILES string of the molecule is Cc1nnnn1-c1ccc(C(=O)N2CCN(C/C=C/c3ccccc3)CC2)cc1. The van der Waals surface area contributed by atoms with Crippen molar-refractivity contribution >= 4 is 12.0 Å². The Bertz CT molecular complexity index is 972. The van der Waals surface area contributed by atoms with Crippen molar-refractivity contribution in [3.63, 3.8) is 0 Å². The van der Waals surface area contributed by atoms with E-state index in [9.17, 15) is 4.79 Å². The van der Waals surface area contributed by atoms with Crippen LogP contribution < -0.4 is 0 Å². The van der Waals surface area contributed by atoms with Gasteiger partial charge in [0.2, 0.25) is 0 Å². The smallest absolute Gasteiger partial charge is 0.253 e. The van der Waals surface area contributed by atoms with Crippen molar-refractivity contribution in [2.24, 2.45) is 0 Å². The second-order valence-corrected chi connectivity index (χ2v) is 7.09. The van der Waals surface area contributed by atoms with E-state index < -0.39 is 0 Å². The van der Waals surface area contributed by atoms with Crippen LogP contribution in [0.25, 0.3) is 11.8 Å². The number of benzene rings is 2. The minimum atomic E-state index is 0.0736. The zero-order valence-electron chi connectivity index (χ0n) is 16.5. The largest absolute Gasteiger partial charge is 0.336 e. The number of carbonyl (C=O) groups excluding carboxylic acids is 1. The summed E-state index contributed by atoms with van der Waals surface area (Å²) in [4.78, 5) is 17.1. The highest BCUT2D eigenvalue weighted by atomic mass is 16.2. The van der Waals surface area contributed by atoms with Gasteiger partial charge in [0.15, 0.2) is 5.82 Å². The van der Waals surface area contributed by atoms with Gasteiger partial charge in [0.1, 0.15) is 0 Å². The first kappa shape index (κ1) is 19.0. The first-order valence-corrected chi connectivity index (χ1v) is 9.79. The minimum absolute atomic E-state index is 0.0736. The number of rotatable bonds is 5. The van der Waals surface area contributed by atoms with Crippen LogP contribution in [0.4, 0.5) is 0 Å². The van der Waals surface area contributed by atoms with Crippen molar-refractivity contribution in [2.75, 3.05) is 32.7 Å². The lowest BCUT2D eigenvalue weighted by Gasteiger charge is -2.34. The second-order valence-electron chi connectivity index (χ2n) is 7.09. The van der Waals surface area contributed by atoms with E-state index in [0.29, 0.717) is 11.4 Å². The molecule has 2 heterocycles. The third-order valence-corrected chi connectivity index (χ3v) is 5.12. The maximum Gasteiger partial charge on any atom is 0.253 e. The van der Waals surface area contributed by atoms with Gasteiger partial charge in [0.05, 0.1) is 5.69 Å². The molecule has 1 aliphatic rings. The number of hydrogen-bond acceptors (Lipinski definition) is 5. The number of hydrogen-bond donors (Lipinski definition) is 0. The van der Waals surface area contributed by atoms with Crippen LogP contribution in [0.3, 0.4) is 0 Å². The number of amides is 1. The highest BCUT2D eigenvalue weighted by Crippen LogP contribution is 2.13. The van der Waals surface area contributed by atoms with Crippen molar-refractivity contribution in [2.45, 2.75) is 6.92 Å². The average molecular weight is 388 g/mol. The summed E-state index contributed by atoms with van der Waals surface area (Å²) in [5, 5.41) is 11.5. The molecule has 0 aliphatic carbocycles. The standard InChI is InChI=1S/C22H24N6O/c1-18-23-24-25-28(18)21-11-9-20(10-12-21)22(29)27-16-14-26(15-17-27)13-5-8-19-6-3-2-4-7-19/h2-12H,13-17H2,1H3/b8-5+. The van der Waals surface area contributed by atoms with Crippen LogP contribution >= 0.6 is 0 Å². The summed E-state index contributed by atoms with van der Waals surface area (Å²) in [7, 11) is 0. The number of nitrogens with zero attached hydrogens (tertiary/aromatic N) is 6. The Balaban J connectivity index is 1.30. The van der Waals surface area contributed by atoms with Gasteiger partial charge < -0.3 is 4.90 Å². The van der Waals surface area contributed by atoms with Gasteiger partial charge in [0.25, 0.3) is 5.91 Å². The molecule has 29 heavy (non-hydrogen) atoms. The number of tetrazole rings is 1. The van der Waals surface area contributed by atoms with Gasteiger partial charge in [0, 0.05) is 38.3 Å². The topological polar surface area (TPSA) is 67.2 Å². The predicted molar refractivity (Wildman–Crippen MR) is 112 cm³/mol. The predicted octanol–water partition coefficient (Wildman–Crippen LogP) is 2.44. The molecular weight excluding hydrogens is 364 g/mol. The highest BCUT2D eigenvalue weighted by molar-refractivity contribution is 5.94. The fourth-order valence-electron chi connectivity index (χ4n) is 3.43. The third kappa shape index (κ3) is 4.57. The number of aryl methyl sites for hydroxylation is 1. The van der Waals surface area contributed by atoms with Gasteiger partial charge in [-0.3, -0.25) is 9.69 Å². The molecule has 0 bridgehead atoms. The van der Waals surface area contributed by atoms with E-state index in [1.807, 2.05) is 54.3 Å². The van der Waals surface area contributed by atoms with Crippen LogP contribution in [-0.4, -0.2) is 68.6 Å². The van der Waals surface area contributed by atoms with Crippen molar-refractivity contribution in [1.29, 1.82) is 0 Å². The molecule has 0 unspecified atom stereocenters. The van der Waals surface area contributed by atoms with E-state index in [2.05, 4.69) is 44.7 Å². The lowest BCUT2D eigenvalue weighted by Crippen LogP contribution is -2.48. The molecule has 0 atom stereocenters. The van der Waals surface area contributed by atoms with Gasteiger partial charge in [-0.15, -0.1) is 5.10 Å². The molecule has 3 aromatic rings. The van der Waals surface area contributed by atoms with Crippen molar-refractivity contribution < 1.29 is 4.79 Å². The highest BCUT2D eigenvalue weighted by Gasteiger charge is 2.21. The molecule has 0 N–H and O–H groups in total. The van der Waals surface area contributed by atoms with Gasteiger partial charge in [-0.1, -0.05) is 42.5 Å². The van der Waals surface area contributed by atoms with Crippen LogP contribution in [-0.2, 0) is 0 Å². The second kappa shape index (κ2) is 8.79. The van der Waals surface area contributed by atoms with Crippen molar-refractivity contribution in [3.05, 3.63) is 77.6 Å². The van der Waals surface area contributed by atoms with Gasteiger partial charge in [-0.2, -0.15) is 4.68 Å². The maximum absolute atomic E-state index is 12.8. The quantitative estimate of drug-likeness (QED) is 0.672. The minimum Gasteiger partial charge on any atom is -0.336 e. The van der Waals surface area contributed by atoms with Crippen molar-refractivity contribution in [1.82, 2.24) is 30.0 Å². The normalized spacial score (nSPS) is 15.1. The Labute approximate surface area is 170 Å². The number of piperazine rings is 1.